The maximum absolute atomic E-state index is 13.1. The summed E-state index contributed by atoms with van der Waals surface area (Å²) in [6.07, 6.45) is 7.07. The monoisotopic (exact) mass is 271 g/mol. The number of rotatable bonds is 2. The lowest BCUT2D eigenvalue weighted by Crippen LogP contribution is -2.50. The predicted molar refractivity (Wildman–Crippen MR) is 77.5 cm³/mol. The van der Waals surface area contributed by atoms with Crippen molar-refractivity contribution in [3.63, 3.8) is 0 Å². The molecule has 4 aliphatic rings. The van der Waals surface area contributed by atoms with Gasteiger partial charge in [-0.1, -0.05) is 0 Å². The molecule has 5 rings (SSSR count). The third kappa shape index (κ3) is 1.68. The van der Waals surface area contributed by atoms with Gasteiger partial charge in [-0.2, -0.15) is 0 Å². The van der Waals surface area contributed by atoms with Gasteiger partial charge in [-0.05, 0) is 74.5 Å². The fraction of sp³-hybridized carbons (Fsp3) is 0.588. The molecule has 1 aromatic carbocycles. The van der Waals surface area contributed by atoms with Crippen LogP contribution in [0.2, 0.25) is 0 Å². The average Bonchev–Trinajstić information content (AvgIpc) is 2.39. The summed E-state index contributed by atoms with van der Waals surface area (Å²) in [6, 6.07) is 4.74. The van der Waals surface area contributed by atoms with Crippen molar-refractivity contribution in [2.75, 3.05) is 5.73 Å². The zero-order valence-corrected chi connectivity index (χ0v) is 11.6. The Morgan fingerprint density at radius 1 is 1.10 bits per heavy atom. The number of phenols is 1. The summed E-state index contributed by atoms with van der Waals surface area (Å²) < 4.78 is 0. The van der Waals surface area contributed by atoms with Crippen LogP contribution in [0.1, 0.15) is 48.9 Å². The van der Waals surface area contributed by atoms with E-state index in [0.717, 1.165) is 37.0 Å². The first kappa shape index (κ1) is 12.2. The van der Waals surface area contributed by atoms with Crippen LogP contribution in [0.4, 0.5) is 5.69 Å². The summed E-state index contributed by atoms with van der Waals surface area (Å²) in [5.41, 5.74) is 6.83. The van der Waals surface area contributed by atoms with Gasteiger partial charge in [0.25, 0.3) is 0 Å². The van der Waals surface area contributed by atoms with Crippen LogP contribution < -0.4 is 5.73 Å². The number of benzene rings is 1. The van der Waals surface area contributed by atoms with Gasteiger partial charge in [0.1, 0.15) is 5.75 Å². The van der Waals surface area contributed by atoms with E-state index in [1.165, 1.54) is 19.3 Å². The van der Waals surface area contributed by atoms with Crippen molar-refractivity contribution >= 4 is 11.5 Å². The predicted octanol–water partition coefficient (Wildman–Crippen LogP) is 3.37. The van der Waals surface area contributed by atoms with Gasteiger partial charge < -0.3 is 10.8 Å². The SMILES string of the molecule is Nc1ccc(O)cc1C(=O)C12CC3CC(CC(C3)C1)C2. The van der Waals surface area contributed by atoms with Crippen molar-refractivity contribution in [1.82, 2.24) is 0 Å². The largest absolute Gasteiger partial charge is 0.508 e. The van der Waals surface area contributed by atoms with E-state index < -0.39 is 0 Å². The van der Waals surface area contributed by atoms with Crippen molar-refractivity contribution in [2.45, 2.75) is 38.5 Å². The van der Waals surface area contributed by atoms with Crippen molar-refractivity contribution in [3.05, 3.63) is 23.8 Å². The molecule has 0 atom stereocenters. The normalized spacial score (nSPS) is 38.1. The molecule has 4 saturated carbocycles. The Hall–Kier alpha value is -1.51. The van der Waals surface area contributed by atoms with E-state index in [-0.39, 0.29) is 16.9 Å². The molecule has 0 unspecified atom stereocenters. The van der Waals surface area contributed by atoms with Crippen molar-refractivity contribution in [3.8, 4) is 5.75 Å². The van der Waals surface area contributed by atoms with Crippen LogP contribution in [-0.4, -0.2) is 10.9 Å². The Morgan fingerprint density at radius 3 is 2.20 bits per heavy atom. The molecule has 3 N–H and O–H groups in total. The summed E-state index contributed by atoms with van der Waals surface area (Å²) in [5.74, 6) is 2.54. The topological polar surface area (TPSA) is 63.3 Å². The molecular formula is C17H21NO2. The number of ketones is 1. The van der Waals surface area contributed by atoms with Gasteiger partial charge in [0, 0.05) is 16.7 Å². The first-order valence-electron chi connectivity index (χ1n) is 7.69. The van der Waals surface area contributed by atoms with Crippen LogP contribution in [0.3, 0.4) is 0 Å². The molecule has 0 saturated heterocycles. The lowest BCUT2D eigenvalue weighted by atomic mass is 9.48. The molecule has 3 nitrogen and oxygen atoms in total. The number of nitrogens with two attached hydrogens (primary N) is 1. The summed E-state index contributed by atoms with van der Waals surface area (Å²) in [5, 5.41) is 9.66. The Morgan fingerprint density at radius 2 is 1.65 bits per heavy atom. The van der Waals surface area contributed by atoms with Crippen LogP contribution in [0.25, 0.3) is 0 Å². The Labute approximate surface area is 119 Å². The highest BCUT2D eigenvalue weighted by Crippen LogP contribution is 2.61. The number of hydrogen-bond acceptors (Lipinski definition) is 3. The molecule has 0 aliphatic heterocycles. The van der Waals surface area contributed by atoms with Gasteiger partial charge in [0.2, 0.25) is 0 Å². The minimum Gasteiger partial charge on any atom is -0.508 e. The Balaban J connectivity index is 1.73. The second-order valence-corrected chi connectivity index (χ2v) is 7.30. The molecule has 106 valence electrons. The van der Waals surface area contributed by atoms with Gasteiger partial charge in [0.15, 0.2) is 5.78 Å². The lowest BCUT2D eigenvalue weighted by Gasteiger charge is -2.56. The van der Waals surface area contributed by atoms with Gasteiger partial charge in [-0.3, -0.25) is 4.79 Å². The molecule has 0 amide bonds. The molecule has 1 aromatic rings. The molecule has 4 fully saturated rings. The molecule has 4 aliphatic carbocycles. The number of Topliss-reactive ketones (excluding diaryl/α,β-unsaturated/α-hetero) is 1. The highest BCUT2D eigenvalue weighted by atomic mass is 16.3. The molecule has 0 aromatic heterocycles. The van der Waals surface area contributed by atoms with Crippen LogP contribution >= 0.6 is 0 Å². The summed E-state index contributed by atoms with van der Waals surface area (Å²) >= 11 is 0. The van der Waals surface area contributed by atoms with E-state index in [9.17, 15) is 9.90 Å². The quantitative estimate of drug-likeness (QED) is 0.492. The highest BCUT2D eigenvalue weighted by Gasteiger charge is 2.54. The second-order valence-electron chi connectivity index (χ2n) is 7.30. The standard InChI is InChI=1S/C17H21NO2/c18-15-2-1-13(19)6-14(15)16(20)17-7-10-3-11(8-17)5-12(4-10)9-17/h1-2,6,10-12,19H,3-5,7-9,18H2. The smallest absolute Gasteiger partial charge is 0.171 e. The van der Waals surface area contributed by atoms with Crippen LogP contribution in [0, 0.1) is 23.2 Å². The first-order valence-corrected chi connectivity index (χ1v) is 7.69. The summed E-state index contributed by atoms with van der Waals surface area (Å²) in [7, 11) is 0. The van der Waals surface area contributed by atoms with Crippen LogP contribution in [0.15, 0.2) is 18.2 Å². The van der Waals surface area contributed by atoms with Crippen molar-refractivity contribution in [1.29, 1.82) is 0 Å². The number of carbonyl (C=O) groups excluding carboxylic acids is 1. The molecule has 4 bridgehead atoms. The number of anilines is 1. The lowest BCUT2D eigenvalue weighted by molar-refractivity contribution is -0.0352. The van der Waals surface area contributed by atoms with Crippen LogP contribution in [-0.2, 0) is 0 Å². The fourth-order valence-electron chi connectivity index (χ4n) is 5.42. The third-order valence-electron chi connectivity index (χ3n) is 5.80. The third-order valence-corrected chi connectivity index (χ3v) is 5.80. The van der Waals surface area contributed by atoms with Crippen LogP contribution in [0.5, 0.6) is 5.75 Å². The van der Waals surface area contributed by atoms with Gasteiger partial charge >= 0.3 is 0 Å². The van der Waals surface area contributed by atoms with Gasteiger partial charge in [-0.25, -0.2) is 0 Å². The van der Waals surface area contributed by atoms with E-state index in [1.807, 2.05) is 0 Å². The molecule has 0 spiro atoms. The van der Waals surface area contributed by atoms with Crippen molar-refractivity contribution in [2.24, 2.45) is 23.2 Å². The van der Waals surface area contributed by atoms with E-state index in [0.29, 0.717) is 11.3 Å². The Bertz CT molecular complexity index is 543. The number of carbonyl (C=O) groups is 1. The zero-order chi connectivity index (χ0) is 13.9. The van der Waals surface area contributed by atoms with Gasteiger partial charge in [0.05, 0.1) is 0 Å². The highest BCUT2D eigenvalue weighted by molar-refractivity contribution is 6.05. The van der Waals surface area contributed by atoms with E-state index in [2.05, 4.69) is 0 Å². The van der Waals surface area contributed by atoms with E-state index >= 15 is 0 Å². The maximum Gasteiger partial charge on any atom is 0.171 e. The molecular weight excluding hydrogens is 250 g/mol. The van der Waals surface area contributed by atoms with E-state index in [4.69, 9.17) is 5.73 Å². The minimum atomic E-state index is -0.184. The number of aromatic hydroxyl groups is 1. The zero-order valence-electron chi connectivity index (χ0n) is 11.6. The van der Waals surface area contributed by atoms with Crippen molar-refractivity contribution < 1.29 is 9.90 Å². The molecule has 20 heavy (non-hydrogen) atoms. The second kappa shape index (κ2) is 4.00. The first-order chi connectivity index (χ1) is 9.56. The minimum absolute atomic E-state index is 0.132. The molecule has 0 heterocycles. The van der Waals surface area contributed by atoms with Gasteiger partial charge in [-0.15, -0.1) is 0 Å². The molecule has 3 heteroatoms. The number of hydrogen-bond donors (Lipinski definition) is 2. The number of phenolic OH excluding ortho intramolecular Hbond substituents is 1. The maximum atomic E-state index is 13.1. The average molecular weight is 271 g/mol. The summed E-state index contributed by atoms with van der Waals surface area (Å²) in [4.78, 5) is 13.1. The number of nitrogen functional groups attached to an aromatic ring is 1. The van der Waals surface area contributed by atoms with E-state index in [1.54, 1.807) is 18.2 Å². The Kier molecular flexibility index (Phi) is 2.45. The summed E-state index contributed by atoms with van der Waals surface area (Å²) in [6.45, 7) is 0. The molecule has 0 radical (unpaired) electrons. The fourth-order valence-corrected chi connectivity index (χ4v) is 5.42.